The van der Waals surface area contributed by atoms with E-state index in [-0.39, 0.29) is 6.10 Å². The minimum atomic E-state index is -0.0542. The Morgan fingerprint density at radius 1 is 1.41 bits per heavy atom. The molecule has 4 heteroatoms. The minimum absolute atomic E-state index is 0.0542. The molecule has 2 atom stereocenters. The van der Waals surface area contributed by atoms with Gasteiger partial charge in [0.1, 0.15) is 0 Å². The molecule has 2 unspecified atom stereocenters. The lowest BCUT2D eigenvalue weighted by atomic mass is 9.87. The van der Waals surface area contributed by atoms with Gasteiger partial charge in [0.15, 0.2) is 0 Å². The Hall–Kier alpha value is -0.870. The number of aryl methyl sites for hydroxylation is 1. The summed E-state index contributed by atoms with van der Waals surface area (Å²) in [6, 6.07) is 0. The largest absolute Gasteiger partial charge is 0.393 e. The highest BCUT2D eigenvalue weighted by Crippen LogP contribution is 2.23. The summed E-state index contributed by atoms with van der Waals surface area (Å²) < 4.78 is 2.10. The van der Waals surface area contributed by atoms with Crippen LogP contribution in [-0.2, 0) is 6.54 Å². The van der Waals surface area contributed by atoms with E-state index in [1.165, 1.54) is 12.8 Å². The van der Waals surface area contributed by atoms with Crippen LogP contribution in [0, 0.1) is 5.92 Å². The Kier molecular flexibility index (Phi) is 5.01. The number of rotatable bonds is 6. The average molecular weight is 237 g/mol. The fourth-order valence-corrected chi connectivity index (χ4v) is 2.56. The summed E-state index contributed by atoms with van der Waals surface area (Å²) in [5.74, 6) is 0.673. The number of aliphatic hydroxyl groups excluding tert-OH is 1. The van der Waals surface area contributed by atoms with Crippen molar-refractivity contribution in [1.29, 1.82) is 0 Å². The monoisotopic (exact) mass is 237 g/mol. The van der Waals surface area contributed by atoms with E-state index in [9.17, 15) is 5.11 Å². The summed E-state index contributed by atoms with van der Waals surface area (Å²) in [5, 5.41) is 13.1. The van der Waals surface area contributed by atoms with E-state index in [4.69, 9.17) is 0 Å². The minimum Gasteiger partial charge on any atom is -0.393 e. The number of hydrogen-bond acceptors (Lipinski definition) is 3. The van der Waals surface area contributed by atoms with Gasteiger partial charge in [0.25, 0.3) is 0 Å². The zero-order valence-electron chi connectivity index (χ0n) is 10.4. The van der Waals surface area contributed by atoms with Crippen LogP contribution in [0.15, 0.2) is 18.7 Å². The number of imidazole rings is 1. The van der Waals surface area contributed by atoms with Gasteiger partial charge in [0, 0.05) is 18.9 Å². The van der Waals surface area contributed by atoms with Gasteiger partial charge in [-0.3, -0.25) is 0 Å². The van der Waals surface area contributed by atoms with Crippen LogP contribution >= 0.6 is 0 Å². The van der Waals surface area contributed by atoms with Crippen LogP contribution < -0.4 is 5.32 Å². The van der Waals surface area contributed by atoms with Gasteiger partial charge in [0.2, 0.25) is 0 Å². The third-order valence-corrected chi connectivity index (χ3v) is 3.52. The molecule has 96 valence electrons. The fourth-order valence-electron chi connectivity index (χ4n) is 2.56. The van der Waals surface area contributed by atoms with E-state index in [0.29, 0.717) is 5.92 Å². The van der Waals surface area contributed by atoms with Gasteiger partial charge < -0.3 is 15.0 Å². The molecule has 4 nitrogen and oxygen atoms in total. The first kappa shape index (κ1) is 12.6. The lowest BCUT2D eigenvalue weighted by Crippen LogP contribution is -2.29. The second kappa shape index (κ2) is 6.77. The third-order valence-electron chi connectivity index (χ3n) is 3.52. The standard InChI is InChI=1S/C13H23N3O/c17-13-4-1-3-12(9-13)10-14-5-2-7-16-8-6-15-11-16/h6,8,11-14,17H,1-5,7,9-10H2. The van der Waals surface area contributed by atoms with Gasteiger partial charge in [-0.25, -0.2) is 4.98 Å². The predicted molar refractivity (Wildman–Crippen MR) is 67.7 cm³/mol. The first-order chi connectivity index (χ1) is 8.34. The molecule has 0 aliphatic heterocycles. The van der Waals surface area contributed by atoms with E-state index in [2.05, 4.69) is 14.9 Å². The van der Waals surface area contributed by atoms with Crippen molar-refractivity contribution >= 4 is 0 Å². The van der Waals surface area contributed by atoms with Gasteiger partial charge in [0.05, 0.1) is 12.4 Å². The van der Waals surface area contributed by atoms with Crippen molar-refractivity contribution in [1.82, 2.24) is 14.9 Å². The lowest BCUT2D eigenvalue weighted by molar-refractivity contribution is 0.101. The highest BCUT2D eigenvalue weighted by Gasteiger charge is 2.19. The lowest BCUT2D eigenvalue weighted by Gasteiger charge is -2.26. The molecular weight excluding hydrogens is 214 g/mol. The quantitative estimate of drug-likeness (QED) is 0.736. The fraction of sp³-hybridized carbons (Fsp3) is 0.769. The molecule has 1 aromatic rings. The zero-order valence-corrected chi connectivity index (χ0v) is 10.4. The summed E-state index contributed by atoms with van der Waals surface area (Å²) in [5.41, 5.74) is 0. The number of nitrogens with zero attached hydrogens (tertiary/aromatic N) is 2. The van der Waals surface area contributed by atoms with Crippen LogP contribution in [0.4, 0.5) is 0 Å². The molecule has 1 aromatic heterocycles. The van der Waals surface area contributed by atoms with Crippen molar-refractivity contribution in [2.75, 3.05) is 13.1 Å². The van der Waals surface area contributed by atoms with Crippen molar-refractivity contribution in [2.45, 2.75) is 44.8 Å². The predicted octanol–water partition coefficient (Wildman–Crippen LogP) is 1.41. The highest BCUT2D eigenvalue weighted by molar-refractivity contribution is 4.75. The second-order valence-electron chi connectivity index (χ2n) is 5.04. The number of aromatic nitrogens is 2. The SMILES string of the molecule is OC1CCCC(CNCCCn2ccnc2)C1. The van der Waals surface area contributed by atoms with Crippen LogP contribution in [0.1, 0.15) is 32.1 Å². The van der Waals surface area contributed by atoms with Crippen LogP contribution in [0.5, 0.6) is 0 Å². The first-order valence-corrected chi connectivity index (χ1v) is 6.69. The molecule has 0 bridgehead atoms. The normalized spacial score (nSPS) is 25.0. The van der Waals surface area contributed by atoms with Gasteiger partial charge >= 0.3 is 0 Å². The second-order valence-corrected chi connectivity index (χ2v) is 5.04. The average Bonchev–Trinajstić information content (AvgIpc) is 2.82. The molecule has 2 N–H and O–H groups in total. The third kappa shape index (κ3) is 4.48. The summed E-state index contributed by atoms with van der Waals surface area (Å²) in [7, 11) is 0. The Balaban J connectivity index is 1.51. The molecule has 0 radical (unpaired) electrons. The van der Waals surface area contributed by atoms with Crippen molar-refractivity contribution in [3.05, 3.63) is 18.7 Å². The molecule has 2 rings (SSSR count). The smallest absolute Gasteiger partial charge is 0.0945 e. The number of aliphatic hydroxyl groups is 1. The first-order valence-electron chi connectivity index (χ1n) is 6.69. The maximum Gasteiger partial charge on any atom is 0.0945 e. The molecule has 1 heterocycles. The van der Waals surface area contributed by atoms with Crippen molar-refractivity contribution in [3.8, 4) is 0 Å². The van der Waals surface area contributed by atoms with Gasteiger partial charge in [-0.2, -0.15) is 0 Å². The van der Waals surface area contributed by atoms with Crippen molar-refractivity contribution < 1.29 is 5.11 Å². The Labute approximate surface area is 103 Å². The molecular formula is C13H23N3O. The van der Waals surface area contributed by atoms with Crippen LogP contribution in [0.3, 0.4) is 0 Å². The molecule has 0 amide bonds. The van der Waals surface area contributed by atoms with Gasteiger partial charge in [-0.05, 0) is 44.7 Å². The Bertz CT molecular complexity index is 300. The van der Waals surface area contributed by atoms with Crippen molar-refractivity contribution in [2.24, 2.45) is 5.92 Å². The van der Waals surface area contributed by atoms with Crippen LogP contribution in [0.25, 0.3) is 0 Å². The molecule has 1 aliphatic carbocycles. The van der Waals surface area contributed by atoms with E-state index in [1.54, 1.807) is 0 Å². The maximum absolute atomic E-state index is 9.57. The summed E-state index contributed by atoms with van der Waals surface area (Å²) in [6.45, 7) is 3.13. The van der Waals surface area contributed by atoms with Gasteiger partial charge in [-0.1, -0.05) is 6.42 Å². The summed E-state index contributed by atoms with van der Waals surface area (Å²) in [4.78, 5) is 4.02. The molecule has 1 saturated carbocycles. The molecule has 17 heavy (non-hydrogen) atoms. The van der Waals surface area contributed by atoms with E-state index >= 15 is 0 Å². The van der Waals surface area contributed by atoms with Crippen molar-refractivity contribution in [3.63, 3.8) is 0 Å². The van der Waals surface area contributed by atoms with E-state index in [1.807, 2.05) is 18.7 Å². The highest BCUT2D eigenvalue weighted by atomic mass is 16.3. The van der Waals surface area contributed by atoms with E-state index < -0.39 is 0 Å². The molecule has 0 aromatic carbocycles. The number of hydrogen-bond donors (Lipinski definition) is 2. The van der Waals surface area contributed by atoms with Gasteiger partial charge in [-0.15, -0.1) is 0 Å². The molecule has 0 spiro atoms. The van der Waals surface area contributed by atoms with Crippen LogP contribution in [-0.4, -0.2) is 33.9 Å². The summed E-state index contributed by atoms with van der Waals surface area (Å²) in [6.07, 6.45) is 11.2. The molecule has 1 fully saturated rings. The van der Waals surface area contributed by atoms with Crippen LogP contribution in [0.2, 0.25) is 0 Å². The summed E-state index contributed by atoms with van der Waals surface area (Å²) >= 11 is 0. The number of nitrogens with one attached hydrogen (secondary N) is 1. The van der Waals surface area contributed by atoms with E-state index in [0.717, 1.165) is 38.9 Å². The Morgan fingerprint density at radius 3 is 3.12 bits per heavy atom. The molecule has 1 aliphatic rings. The molecule has 0 saturated heterocycles. The topological polar surface area (TPSA) is 50.1 Å². The maximum atomic E-state index is 9.57. The zero-order chi connectivity index (χ0) is 11.9. The Morgan fingerprint density at radius 2 is 2.35 bits per heavy atom.